The topological polar surface area (TPSA) is 34.1 Å². The van der Waals surface area contributed by atoms with Gasteiger partial charge in [0.1, 0.15) is 0 Å². The van der Waals surface area contributed by atoms with Crippen LogP contribution in [-0.2, 0) is 9.84 Å². The van der Waals surface area contributed by atoms with Gasteiger partial charge in [-0.3, -0.25) is 0 Å². The van der Waals surface area contributed by atoms with Crippen LogP contribution >= 0.6 is 0 Å². The molecule has 1 aromatic rings. The van der Waals surface area contributed by atoms with Gasteiger partial charge < -0.3 is 0 Å². The number of fused-ring (bicyclic) bond motifs is 2. The maximum Gasteiger partial charge on any atom is 0.167 e. The molecule has 0 amide bonds. The molecule has 2 nitrogen and oxygen atoms in total. The number of benzene rings is 1. The second-order valence-corrected chi connectivity index (χ2v) is 9.11. The molecule has 2 aliphatic rings. The van der Waals surface area contributed by atoms with Crippen LogP contribution in [0.2, 0.25) is 0 Å². The van der Waals surface area contributed by atoms with Gasteiger partial charge in [-0.1, -0.05) is 55.3 Å². The fourth-order valence-corrected chi connectivity index (χ4v) is 7.95. The minimum absolute atomic E-state index is 0.116. The van der Waals surface area contributed by atoms with Crippen molar-refractivity contribution in [1.29, 1.82) is 0 Å². The average molecular weight is 290 g/mol. The zero-order valence-corrected chi connectivity index (χ0v) is 13.6. The molecule has 3 heteroatoms. The minimum Gasteiger partial charge on any atom is -0.227 e. The molecular weight excluding hydrogens is 268 g/mol. The number of hydrogen-bond donors (Lipinski definition) is 0. The van der Waals surface area contributed by atoms with E-state index in [1.54, 1.807) is 0 Å². The van der Waals surface area contributed by atoms with Crippen LogP contribution in [0.1, 0.15) is 45.4 Å². The van der Waals surface area contributed by atoms with Gasteiger partial charge in [-0.25, -0.2) is 8.42 Å². The van der Waals surface area contributed by atoms with Crippen LogP contribution < -0.4 is 0 Å². The molecule has 1 fully saturated rings. The Morgan fingerprint density at radius 2 is 1.55 bits per heavy atom. The van der Waals surface area contributed by atoms with E-state index in [4.69, 9.17) is 0 Å². The van der Waals surface area contributed by atoms with E-state index in [1.165, 1.54) is 5.57 Å². The maximum absolute atomic E-state index is 13.2. The molecule has 1 aliphatic carbocycles. The Kier molecular flexibility index (Phi) is 2.61. The molecule has 0 saturated carbocycles. The quantitative estimate of drug-likeness (QED) is 0.735. The molecule has 0 aromatic heterocycles. The van der Waals surface area contributed by atoms with Crippen LogP contribution in [0.15, 0.2) is 41.5 Å². The fourth-order valence-electron chi connectivity index (χ4n) is 4.60. The summed E-state index contributed by atoms with van der Waals surface area (Å²) < 4.78 is 25.7. The van der Waals surface area contributed by atoms with Gasteiger partial charge in [0.15, 0.2) is 9.84 Å². The Balaban J connectivity index is 2.35. The Morgan fingerprint density at radius 3 is 2.05 bits per heavy atom. The van der Waals surface area contributed by atoms with E-state index in [-0.39, 0.29) is 11.3 Å². The van der Waals surface area contributed by atoms with Crippen molar-refractivity contribution in [3.05, 3.63) is 47.0 Å². The van der Waals surface area contributed by atoms with E-state index in [2.05, 4.69) is 20.8 Å². The third kappa shape index (κ3) is 1.19. The summed E-state index contributed by atoms with van der Waals surface area (Å²) in [6.07, 6.45) is 0. The summed E-state index contributed by atoms with van der Waals surface area (Å²) in [5, 5.41) is -0.417. The number of allylic oxidation sites excluding steroid dienone is 1. The van der Waals surface area contributed by atoms with Gasteiger partial charge in [-0.2, -0.15) is 0 Å². The summed E-state index contributed by atoms with van der Waals surface area (Å²) >= 11 is 0. The summed E-state index contributed by atoms with van der Waals surface area (Å²) in [5.41, 5.74) is 2.95. The molecule has 1 heterocycles. The Hall–Kier alpha value is -1.09. The summed E-state index contributed by atoms with van der Waals surface area (Å²) in [7, 11) is -3.23. The van der Waals surface area contributed by atoms with Crippen molar-refractivity contribution in [2.24, 2.45) is 11.3 Å². The molecule has 3 rings (SSSR count). The van der Waals surface area contributed by atoms with Gasteiger partial charge in [0.2, 0.25) is 0 Å². The summed E-state index contributed by atoms with van der Waals surface area (Å²) in [6, 6.07) is 9.70. The molecule has 0 spiro atoms. The van der Waals surface area contributed by atoms with E-state index in [1.807, 2.05) is 44.2 Å². The minimum atomic E-state index is -3.23. The first-order valence-electron chi connectivity index (χ1n) is 7.17. The van der Waals surface area contributed by atoms with E-state index < -0.39 is 19.8 Å². The van der Waals surface area contributed by atoms with Crippen LogP contribution in [0, 0.1) is 11.3 Å². The van der Waals surface area contributed by atoms with Crippen molar-refractivity contribution < 1.29 is 8.42 Å². The monoisotopic (exact) mass is 290 g/mol. The molecule has 108 valence electrons. The van der Waals surface area contributed by atoms with Gasteiger partial charge in [0.25, 0.3) is 0 Å². The van der Waals surface area contributed by atoms with Gasteiger partial charge in [0, 0.05) is 5.41 Å². The normalized spacial score (nSPS) is 42.2. The fraction of sp³-hybridized carbons (Fsp3) is 0.529. The van der Waals surface area contributed by atoms with Crippen LogP contribution in [0.3, 0.4) is 0 Å². The number of hydrogen-bond acceptors (Lipinski definition) is 2. The molecule has 1 saturated heterocycles. The molecule has 0 N–H and O–H groups in total. The average Bonchev–Trinajstić information content (AvgIpc) is 2.62. The van der Waals surface area contributed by atoms with Crippen LogP contribution in [-0.4, -0.2) is 13.2 Å². The third-order valence-electron chi connectivity index (χ3n) is 6.39. The summed E-state index contributed by atoms with van der Waals surface area (Å²) in [6.45, 7) is 10.3. The third-order valence-corrected chi connectivity index (χ3v) is 9.61. The molecule has 20 heavy (non-hydrogen) atoms. The predicted molar refractivity (Wildman–Crippen MR) is 82.2 cm³/mol. The van der Waals surface area contributed by atoms with Crippen molar-refractivity contribution in [1.82, 2.24) is 0 Å². The number of sulfone groups is 1. The lowest BCUT2D eigenvalue weighted by molar-refractivity contribution is 0.275. The molecule has 0 radical (unpaired) electrons. The van der Waals surface area contributed by atoms with Gasteiger partial charge in [-0.15, -0.1) is 0 Å². The lowest BCUT2D eigenvalue weighted by Gasteiger charge is -2.35. The van der Waals surface area contributed by atoms with Crippen molar-refractivity contribution in [2.75, 3.05) is 0 Å². The first kappa shape index (κ1) is 13.9. The highest BCUT2D eigenvalue weighted by molar-refractivity contribution is 7.93. The maximum atomic E-state index is 13.2. The second kappa shape index (κ2) is 3.76. The molecular formula is C17H22O2S. The van der Waals surface area contributed by atoms with Crippen molar-refractivity contribution >= 4 is 9.84 Å². The first-order chi connectivity index (χ1) is 9.20. The predicted octanol–water partition coefficient (Wildman–Crippen LogP) is 3.91. The molecule has 2 bridgehead atoms. The summed E-state index contributed by atoms with van der Waals surface area (Å²) in [5.74, 6) is 0.116. The van der Waals surface area contributed by atoms with Crippen LogP contribution in [0.25, 0.3) is 0 Å². The summed E-state index contributed by atoms with van der Waals surface area (Å²) in [4.78, 5) is 0. The van der Waals surface area contributed by atoms with Crippen molar-refractivity contribution in [3.8, 4) is 0 Å². The highest BCUT2D eigenvalue weighted by Crippen LogP contribution is 2.70. The first-order valence-corrected chi connectivity index (χ1v) is 8.71. The zero-order valence-electron chi connectivity index (χ0n) is 12.8. The Labute approximate surface area is 121 Å². The van der Waals surface area contributed by atoms with Crippen LogP contribution in [0.4, 0.5) is 0 Å². The lowest BCUT2D eigenvalue weighted by atomic mass is 9.70. The molecule has 1 aliphatic heterocycles. The van der Waals surface area contributed by atoms with Crippen molar-refractivity contribution in [3.63, 3.8) is 0 Å². The van der Waals surface area contributed by atoms with E-state index in [0.29, 0.717) is 0 Å². The second-order valence-electron chi connectivity index (χ2n) is 6.70. The van der Waals surface area contributed by atoms with E-state index in [9.17, 15) is 8.42 Å². The Morgan fingerprint density at radius 1 is 1.00 bits per heavy atom. The van der Waals surface area contributed by atoms with E-state index in [0.717, 1.165) is 11.1 Å². The highest BCUT2D eigenvalue weighted by Gasteiger charge is 2.72. The van der Waals surface area contributed by atoms with E-state index >= 15 is 0 Å². The van der Waals surface area contributed by atoms with Crippen LogP contribution in [0.5, 0.6) is 0 Å². The highest BCUT2D eigenvalue weighted by atomic mass is 32.2. The van der Waals surface area contributed by atoms with Gasteiger partial charge >= 0.3 is 0 Å². The van der Waals surface area contributed by atoms with Gasteiger partial charge in [0.05, 0.1) is 10.00 Å². The smallest absolute Gasteiger partial charge is 0.167 e. The SMILES string of the molecule is CC1=C(C)[C@@]2(C)[C@@H](C)[C@]1(C)[C@H](c1ccccc1)S2(=O)=O. The standard InChI is InChI=1S/C17H22O2S/c1-11-12(2)17(5)13(3)16(11,4)15(20(17,18)19)14-9-7-6-8-10-14/h6-10,13,15H,1-5H3/t13-,15-,16+,17-/m0/s1. The van der Waals surface area contributed by atoms with Gasteiger partial charge in [-0.05, 0) is 32.3 Å². The largest absolute Gasteiger partial charge is 0.227 e. The van der Waals surface area contributed by atoms with Crippen molar-refractivity contribution in [2.45, 2.75) is 44.6 Å². The zero-order chi connectivity index (χ0) is 14.9. The molecule has 0 unspecified atom stereocenters. The molecule has 4 atom stereocenters. The molecule has 1 aromatic carbocycles. The lowest BCUT2D eigenvalue weighted by Crippen LogP contribution is -2.37. The number of rotatable bonds is 1. The Bertz CT molecular complexity index is 702.